The van der Waals surface area contributed by atoms with Crippen molar-refractivity contribution in [3.63, 3.8) is 0 Å². The van der Waals surface area contributed by atoms with Crippen LogP contribution in [0.2, 0.25) is 5.02 Å². The average molecular weight is 438 g/mol. The van der Waals surface area contributed by atoms with Crippen LogP contribution in [0, 0.1) is 0 Å². The van der Waals surface area contributed by atoms with Crippen LogP contribution in [0.4, 0.5) is 5.13 Å². The summed E-state index contributed by atoms with van der Waals surface area (Å²) in [5.41, 5.74) is 1.05. The number of aromatic nitrogens is 1. The molecule has 2 aromatic carbocycles. The second-order valence-electron chi connectivity index (χ2n) is 6.64. The van der Waals surface area contributed by atoms with Crippen LogP contribution in [0.15, 0.2) is 47.4 Å². The maximum absolute atomic E-state index is 13.2. The van der Waals surface area contributed by atoms with Crippen molar-refractivity contribution in [2.75, 3.05) is 38.3 Å². The van der Waals surface area contributed by atoms with E-state index in [4.69, 9.17) is 11.6 Å². The smallest absolute Gasteiger partial charge is 0.261 e. The number of rotatable bonds is 6. The number of likely N-dealkylation sites (N-methyl/N-ethyl adjacent to an activating group) is 1. The minimum absolute atomic E-state index is 0.229. The first-order valence-electron chi connectivity index (χ1n) is 8.48. The van der Waals surface area contributed by atoms with Gasteiger partial charge in [-0.15, -0.1) is 0 Å². The van der Waals surface area contributed by atoms with Gasteiger partial charge in [0.15, 0.2) is 15.0 Å². The van der Waals surface area contributed by atoms with Gasteiger partial charge in [0.05, 0.1) is 25.7 Å². The van der Waals surface area contributed by atoms with Crippen LogP contribution >= 0.6 is 22.9 Å². The average Bonchev–Trinajstić information content (AvgIpc) is 3.04. The molecule has 0 saturated heterocycles. The maximum Gasteiger partial charge on any atom is 0.261 e. The van der Waals surface area contributed by atoms with Crippen LogP contribution in [0.25, 0.3) is 10.2 Å². The van der Waals surface area contributed by atoms with E-state index >= 15 is 0 Å². The van der Waals surface area contributed by atoms with Crippen molar-refractivity contribution in [3.8, 4) is 0 Å². The fraction of sp³-hybridized carbons (Fsp3) is 0.263. The first-order chi connectivity index (χ1) is 13.2. The molecule has 0 atom stereocenters. The second-order valence-corrected chi connectivity index (χ2v) is 10.1. The number of nitrogens with zero attached hydrogens (tertiary/aromatic N) is 3. The lowest BCUT2D eigenvalue weighted by Crippen LogP contribution is -2.36. The number of hydrogen-bond donors (Lipinski definition) is 0. The van der Waals surface area contributed by atoms with E-state index in [1.165, 1.54) is 23.7 Å². The molecule has 1 heterocycles. The summed E-state index contributed by atoms with van der Waals surface area (Å²) in [5, 5.41) is 0.884. The van der Waals surface area contributed by atoms with Crippen LogP contribution in [0.3, 0.4) is 0 Å². The number of hydrogen-bond acceptors (Lipinski definition) is 6. The standard InChI is InChI=1S/C19H20ClN3O3S2/c1-22(2)10-11-23(18(24)14-6-4-5-7-15(14)20)19-21-16-9-8-13(28(3,25)26)12-17(16)27-19/h4-9,12H,10-11H2,1-3H3. The first-order valence-corrected chi connectivity index (χ1v) is 11.6. The highest BCUT2D eigenvalue weighted by Gasteiger charge is 2.23. The Kier molecular flexibility index (Phi) is 6.04. The van der Waals surface area contributed by atoms with Gasteiger partial charge in [-0.1, -0.05) is 35.1 Å². The van der Waals surface area contributed by atoms with Crippen LogP contribution < -0.4 is 4.90 Å². The Balaban J connectivity index is 2.05. The third-order valence-corrected chi connectivity index (χ3v) is 6.61. The van der Waals surface area contributed by atoms with Gasteiger partial charge in [-0.25, -0.2) is 13.4 Å². The molecule has 0 bridgehead atoms. The van der Waals surface area contributed by atoms with Crippen molar-refractivity contribution in [2.45, 2.75) is 4.90 Å². The highest BCUT2D eigenvalue weighted by molar-refractivity contribution is 7.90. The molecule has 0 spiro atoms. The number of sulfone groups is 1. The van der Waals surface area contributed by atoms with Gasteiger partial charge >= 0.3 is 0 Å². The van der Waals surface area contributed by atoms with Gasteiger partial charge in [0.25, 0.3) is 5.91 Å². The molecule has 0 radical (unpaired) electrons. The van der Waals surface area contributed by atoms with E-state index in [0.717, 1.165) is 0 Å². The minimum Gasteiger partial charge on any atom is -0.308 e. The van der Waals surface area contributed by atoms with Gasteiger partial charge < -0.3 is 4.90 Å². The van der Waals surface area contributed by atoms with Gasteiger partial charge in [-0.3, -0.25) is 9.69 Å². The number of carbonyl (C=O) groups is 1. The summed E-state index contributed by atoms with van der Waals surface area (Å²) in [5.74, 6) is -0.241. The summed E-state index contributed by atoms with van der Waals surface area (Å²) in [6.45, 7) is 1.07. The number of anilines is 1. The fourth-order valence-electron chi connectivity index (χ4n) is 2.60. The fourth-order valence-corrected chi connectivity index (χ4v) is 4.57. The molecule has 0 saturated carbocycles. The highest BCUT2D eigenvalue weighted by Crippen LogP contribution is 2.32. The number of thiazole rings is 1. The van der Waals surface area contributed by atoms with Crippen molar-refractivity contribution < 1.29 is 13.2 Å². The number of amides is 1. The molecule has 148 valence electrons. The Bertz CT molecular complexity index is 1130. The Labute approximate surface area is 173 Å². The molecule has 1 amide bonds. The Morgan fingerprint density at radius 1 is 1.14 bits per heavy atom. The quantitative estimate of drug-likeness (QED) is 0.589. The predicted molar refractivity (Wildman–Crippen MR) is 114 cm³/mol. The van der Waals surface area contributed by atoms with E-state index in [2.05, 4.69) is 4.98 Å². The van der Waals surface area contributed by atoms with Crippen molar-refractivity contribution in [1.29, 1.82) is 0 Å². The lowest BCUT2D eigenvalue weighted by Gasteiger charge is -2.22. The van der Waals surface area contributed by atoms with Crippen LogP contribution in [-0.2, 0) is 9.84 Å². The molecule has 6 nitrogen and oxygen atoms in total. The van der Waals surface area contributed by atoms with Gasteiger partial charge in [-0.05, 0) is 44.4 Å². The van der Waals surface area contributed by atoms with Gasteiger partial charge in [0.2, 0.25) is 0 Å². The molecule has 0 fully saturated rings. The first kappa shape index (κ1) is 20.7. The zero-order valence-electron chi connectivity index (χ0n) is 15.7. The number of fused-ring (bicyclic) bond motifs is 1. The normalized spacial score (nSPS) is 11.9. The van der Waals surface area contributed by atoms with Crippen molar-refractivity contribution in [3.05, 3.63) is 53.1 Å². The second kappa shape index (κ2) is 8.16. The zero-order valence-corrected chi connectivity index (χ0v) is 18.1. The largest absolute Gasteiger partial charge is 0.308 e. The monoisotopic (exact) mass is 437 g/mol. The molecular formula is C19H20ClN3O3S2. The third kappa shape index (κ3) is 4.52. The Morgan fingerprint density at radius 2 is 1.86 bits per heavy atom. The molecule has 0 N–H and O–H groups in total. The van der Waals surface area contributed by atoms with E-state index in [9.17, 15) is 13.2 Å². The molecular weight excluding hydrogens is 418 g/mol. The maximum atomic E-state index is 13.2. The van der Waals surface area contributed by atoms with Gasteiger partial charge in [-0.2, -0.15) is 0 Å². The van der Waals surface area contributed by atoms with E-state index in [-0.39, 0.29) is 10.8 Å². The van der Waals surface area contributed by atoms with E-state index < -0.39 is 9.84 Å². The Hall–Kier alpha value is -2.00. The third-order valence-electron chi connectivity index (χ3n) is 4.13. The summed E-state index contributed by atoms with van der Waals surface area (Å²) in [6, 6.07) is 11.7. The highest BCUT2D eigenvalue weighted by atomic mass is 35.5. The van der Waals surface area contributed by atoms with E-state index in [1.807, 2.05) is 19.0 Å². The minimum atomic E-state index is -3.32. The van der Waals surface area contributed by atoms with Crippen LogP contribution in [0.1, 0.15) is 10.4 Å². The topological polar surface area (TPSA) is 70.6 Å². The van der Waals surface area contributed by atoms with E-state index in [1.54, 1.807) is 41.3 Å². The molecule has 28 heavy (non-hydrogen) atoms. The molecule has 3 rings (SSSR count). The molecule has 0 aliphatic rings. The zero-order chi connectivity index (χ0) is 20.5. The van der Waals surface area contributed by atoms with Gasteiger partial charge in [0, 0.05) is 19.3 Å². The molecule has 1 aromatic heterocycles. The predicted octanol–water partition coefficient (Wildman–Crippen LogP) is 3.56. The SMILES string of the molecule is CN(C)CCN(C(=O)c1ccccc1Cl)c1nc2ccc(S(C)(=O)=O)cc2s1. The summed E-state index contributed by atoms with van der Waals surface area (Å²) in [7, 11) is 0.534. The van der Waals surface area contributed by atoms with Crippen molar-refractivity contribution >= 4 is 54.0 Å². The van der Waals surface area contributed by atoms with Crippen LogP contribution in [-0.4, -0.2) is 57.6 Å². The molecule has 0 unspecified atom stereocenters. The summed E-state index contributed by atoms with van der Waals surface area (Å²) >= 11 is 7.51. The van der Waals surface area contributed by atoms with Crippen molar-refractivity contribution in [1.82, 2.24) is 9.88 Å². The summed E-state index contributed by atoms with van der Waals surface area (Å²) in [6.07, 6.45) is 1.17. The van der Waals surface area contributed by atoms with Gasteiger partial charge in [0.1, 0.15) is 0 Å². The van der Waals surface area contributed by atoms with Crippen LogP contribution in [0.5, 0.6) is 0 Å². The van der Waals surface area contributed by atoms with E-state index in [0.29, 0.717) is 39.0 Å². The van der Waals surface area contributed by atoms with Crippen molar-refractivity contribution in [2.24, 2.45) is 0 Å². The number of benzene rings is 2. The Morgan fingerprint density at radius 3 is 2.50 bits per heavy atom. The molecule has 3 aromatic rings. The molecule has 0 aliphatic carbocycles. The number of halogens is 1. The summed E-state index contributed by atoms with van der Waals surface area (Å²) in [4.78, 5) is 21.5. The number of carbonyl (C=O) groups excluding carboxylic acids is 1. The molecule has 9 heteroatoms. The lowest BCUT2D eigenvalue weighted by molar-refractivity contribution is 0.0985. The summed E-state index contributed by atoms with van der Waals surface area (Å²) < 4.78 is 24.4. The lowest BCUT2D eigenvalue weighted by atomic mass is 10.2. The molecule has 0 aliphatic heterocycles.